The van der Waals surface area contributed by atoms with Gasteiger partial charge in [-0.15, -0.1) is 11.3 Å². The number of rotatable bonds is 5. The van der Waals surface area contributed by atoms with Crippen molar-refractivity contribution in [2.75, 3.05) is 12.4 Å². The number of ether oxygens (including phenoxy) is 1. The van der Waals surface area contributed by atoms with Crippen LogP contribution >= 0.6 is 23.6 Å². The van der Waals surface area contributed by atoms with Crippen molar-refractivity contribution < 1.29 is 9.53 Å². The molecule has 0 radical (unpaired) electrons. The van der Waals surface area contributed by atoms with Crippen molar-refractivity contribution in [3.8, 4) is 10.4 Å². The summed E-state index contributed by atoms with van der Waals surface area (Å²) in [5.41, 5.74) is 1.53. The fourth-order valence-corrected chi connectivity index (χ4v) is 4.80. The summed E-state index contributed by atoms with van der Waals surface area (Å²) < 4.78 is 4.94. The maximum atomic E-state index is 12.2. The lowest BCUT2D eigenvalue weighted by Crippen LogP contribution is -2.47. The Morgan fingerprint density at radius 1 is 1.15 bits per heavy atom. The van der Waals surface area contributed by atoms with E-state index in [4.69, 9.17) is 17.0 Å². The zero-order valence-corrected chi connectivity index (χ0v) is 18.4. The monoisotopic (exact) mass is 404 g/mol. The molecule has 0 spiro atoms. The number of hydrogen-bond donors (Lipinski definition) is 2. The summed E-state index contributed by atoms with van der Waals surface area (Å²) in [5.74, 6) is -0.382. The molecule has 0 aliphatic rings. The number of hydrogen-bond acceptors (Lipinski definition) is 4. The molecule has 0 fully saturated rings. The Bertz CT molecular complexity index is 805. The molecule has 0 amide bonds. The van der Waals surface area contributed by atoms with E-state index >= 15 is 0 Å². The van der Waals surface area contributed by atoms with Gasteiger partial charge in [0.2, 0.25) is 0 Å². The average molecular weight is 405 g/mol. The van der Waals surface area contributed by atoms with Crippen LogP contribution in [0, 0.1) is 5.41 Å². The first kappa shape index (κ1) is 21.4. The van der Waals surface area contributed by atoms with Crippen LogP contribution in [0.4, 0.5) is 5.00 Å². The maximum Gasteiger partial charge on any atom is 0.340 e. The van der Waals surface area contributed by atoms with Crippen molar-refractivity contribution in [1.82, 2.24) is 5.32 Å². The van der Waals surface area contributed by atoms with E-state index in [1.807, 2.05) is 36.4 Å². The van der Waals surface area contributed by atoms with Gasteiger partial charge < -0.3 is 15.4 Å². The number of nitrogens with one attached hydrogen (secondary N) is 2. The molecule has 2 N–H and O–H groups in total. The minimum Gasteiger partial charge on any atom is -0.465 e. The summed E-state index contributed by atoms with van der Waals surface area (Å²) in [6.45, 7) is 10.9. The van der Waals surface area contributed by atoms with Gasteiger partial charge in [-0.2, -0.15) is 0 Å². The summed E-state index contributed by atoms with van der Waals surface area (Å²) in [4.78, 5) is 13.2. The van der Waals surface area contributed by atoms with Crippen LogP contribution in [0.25, 0.3) is 10.4 Å². The number of benzene rings is 1. The molecule has 0 aliphatic heterocycles. The van der Waals surface area contributed by atoms with Crippen LogP contribution in [0.5, 0.6) is 0 Å². The summed E-state index contributed by atoms with van der Waals surface area (Å²) in [7, 11) is 1.38. The van der Waals surface area contributed by atoms with Crippen LogP contribution in [0.3, 0.4) is 0 Å². The number of anilines is 1. The molecule has 27 heavy (non-hydrogen) atoms. The predicted octanol–water partition coefficient (Wildman–Crippen LogP) is 5.70. The van der Waals surface area contributed by atoms with E-state index in [9.17, 15) is 4.79 Å². The molecule has 0 unspecified atom stereocenters. The summed E-state index contributed by atoms with van der Waals surface area (Å²) >= 11 is 7.00. The molecule has 0 saturated heterocycles. The minimum absolute atomic E-state index is 0.173. The number of thiocarbonyl (C=S) groups is 1. The van der Waals surface area contributed by atoms with Crippen molar-refractivity contribution in [2.24, 2.45) is 5.41 Å². The second-order valence-electron chi connectivity index (χ2n) is 8.41. The van der Waals surface area contributed by atoms with E-state index in [0.29, 0.717) is 15.7 Å². The first-order valence-corrected chi connectivity index (χ1v) is 10.1. The molecular weight excluding hydrogens is 376 g/mol. The number of carbonyl (C=O) groups is 1. The van der Waals surface area contributed by atoms with Gasteiger partial charge in [0.15, 0.2) is 5.11 Å². The minimum atomic E-state index is -0.382. The Balaban J connectivity index is 2.23. The Morgan fingerprint density at radius 3 is 2.33 bits per heavy atom. The van der Waals surface area contributed by atoms with E-state index in [-0.39, 0.29) is 16.9 Å². The van der Waals surface area contributed by atoms with Gasteiger partial charge >= 0.3 is 5.97 Å². The largest absolute Gasteiger partial charge is 0.465 e. The van der Waals surface area contributed by atoms with Gasteiger partial charge in [0.05, 0.1) is 12.7 Å². The van der Waals surface area contributed by atoms with Crippen molar-refractivity contribution >= 4 is 39.6 Å². The molecule has 2 rings (SSSR count). The second-order valence-corrected chi connectivity index (χ2v) is 9.87. The first-order chi connectivity index (χ1) is 12.5. The van der Waals surface area contributed by atoms with Crippen LogP contribution in [0.1, 0.15) is 51.4 Å². The second kappa shape index (κ2) is 8.40. The number of methoxy groups -OCH3 is 1. The highest BCUT2D eigenvalue weighted by Gasteiger charge is 2.27. The van der Waals surface area contributed by atoms with E-state index in [2.05, 4.69) is 45.3 Å². The van der Waals surface area contributed by atoms with Gasteiger partial charge in [-0.3, -0.25) is 0 Å². The molecule has 1 aromatic carbocycles. The SMILES string of the molecule is COC(=O)c1cc(-c2ccccc2)sc1NC(=S)NC(C)(C)CC(C)(C)C. The molecule has 4 nitrogen and oxygen atoms in total. The lowest BCUT2D eigenvalue weighted by Gasteiger charge is -2.34. The quantitative estimate of drug-likeness (QED) is 0.494. The molecule has 1 aromatic heterocycles. The highest BCUT2D eigenvalue weighted by atomic mass is 32.1. The standard InChI is InChI=1S/C21H28N2O2S2/c1-20(2,3)13-21(4,5)23-19(26)22-17-15(18(24)25-6)12-16(27-17)14-10-8-7-9-11-14/h7-12H,13H2,1-6H3,(H2,22,23,26). The van der Waals surface area contributed by atoms with Crippen LogP contribution in [0.2, 0.25) is 0 Å². The highest BCUT2D eigenvalue weighted by molar-refractivity contribution is 7.80. The third-order valence-corrected chi connectivity index (χ3v) is 5.15. The van der Waals surface area contributed by atoms with E-state index in [1.54, 1.807) is 0 Å². The smallest absolute Gasteiger partial charge is 0.340 e. The number of carbonyl (C=O) groups excluding carboxylic acids is 1. The summed E-state index contributed by atoms with van der Waals surface area (Å²) in [6, 6.07) is 11.8. The van der Waals surface area contributed by atoms with Crippen molar-refractivity contribution in [3.05, 3.63) is 42.0 Å². The summed E-state index contributed by atoms with van der Waals surface area (Å²) in [6.07, 6.45) is 0.950. The maximum absolute atomic E-state index is 12.2. The van der Waals surface area contributed by atoms with Crippen molar-refractivity contribution in [3.63, 3.8) is 0 Å². The molecule has 0 aliphatic carbocycles. The molecular formula is C21H28N2O2S2. The zero-order chi connectivity index (χ0) is 20.2. The Kier molecular flexibility index (Phi) is 6.65. The third-order valence-electron chi connectivity index (χ3n) is 3.85. The molecule has 6 heteroatoms. The fourth-order valence-electron chi connectivity index (χ4n) is 3.30. The zero-order valence-electron chi connectivity index (χ0n) is 16.8. The van der Waals surface area contributed by atoms with Gasteiger partial charge in [0.1, 0.15) is 5.00 Å². The van der Waals surface area contributed by atoms with Crippen LogP contribution in [-0.2, 0) is 4.74 Å². The number of esters is 1. The topological polar surface area (TPSA) is 50.4 Å². The number of thiophene rings is 1. The normalized spacial score (nSPS) is 11.8. The molecule has 1 heterocycles. The Labute approximate surface area is 171 Å². The lowest BCUT2D eigenvalue weighted by atomic mass is 9.82. The Morgan fingerprint density at radius 2 is 1.78 bits per heavy atom. The molecule has 0 bridgehead atoms. The first-order valence-electron chi connectivity index (χ1n) is 8.87. The lowest BCUT2D eigenvalue weighted by molar-refractivity contribution is 0.0602. The van der Waals surface area contributed by atoms with Crippen LogP contribution in [-0.4, -0.2) is 23.7 Å². The van der Waals surface area contributed by atoms with Gasteiger partial charge in [-0.25, -0.2) is 4.79 Å². The molecule has 0 atom stereocenters. The predicted molar refractivity (Wildman–Crippen MR) is 119 cm³/mol. The van der Waals surface area contributed by atoms with Crippen molar-refractivity contribution in [1.29, 1.82) is 0 Å². The Hall–Kier alpha value is -1.92. The van der Waals surface area contributed by atoms with Gasteiger partial charge in [-0.1, -0.05) is 51.1 Å². The molecule has 2 aromatic rings. The van der Waals surface area contributed by atoms with Crippen LogP contribution < -0.4 is 10.6 Å². The van der Waals surface area contributed by atoms with Gasteiger partial charge in [-0.05, 0) is 49.5 Å². The van der Waals surface area contributed by atoms with Crippen molar-refractivity contribution in [2.45, 2.75) is 46.6 Å². The van der Waals surface area contributed by atoms with Gasteiger partial charge in [0.25, 0.3) is 0 Å². The molecule has 0 saturated carbocycles. The van der Waals surface area contributed by atoms with E-state index < -0.39 is 0 Å². The molecule has 146 valence electrons. The van der Waals surface area contributed by atoms with E-state index in [0.717, 1.165) is 16.9 Å². The fraction of sp³-hybridized carbons (Fsp3) is 0.429. The van der Waals surface area contributed by atoms with Gasteiger partial charge in [0, 0.05) is 10.4 Å². The van der Waals surface area contributed by atoms with Crippen LogP contribution in [0.15, 0.2) is 36.4 Å². The highest BCUT2D eigenvalue weighted by Crippen LogP contribution is 2.36. The van der Waals surface area contributed by atoms with E-state index in [1.165, 1.54) is 18.4 Å². The summed E-state index contributed by atoms with van der Waals surface area (Å²) in [5, 5.41) is 7.75. The average Bonchev–Trinajstić information content (AvgIpc) is 2.95. The third kappa shape index (κ3) is 6.33.